The summed E-state index contributed by atoms with van der Waals surface area (Å²) < 4.78 is 94.9. The molecule has 14 heavy (non-hydrogen) atoms. The average molecular weight is 251 g/mol. The Kier molecular flexibility index (Phi) is 2.88. The van der Waals surface area contributed by atoms with Crippen LogP contribution in [0, 0.1) is 0 Å². The predicted molar refractivity (Wildman–Crippen MR) is 34.9 cm³/mol. The molecule has 0 aromatic rings. The van der Waals surface area contributed by atoms with Gasteiger partial charge in [-0.1, -0.05) is 0 Å². The van der Waals surface area contributed by atoms with Crippen LogP contribution in [0.2, 0.25) is 0 Å². The molecule has 0 unspecified atom stereocenters. The Bertz CT molecular complexity index is 224. The molecule has 0 spiro atoms. The molecule has 0 fully saturated rings. The minimum atomic E-state index is -8.74. The zero-order valence-corrected chi connectivity index (χ0v) is 7.81. The third-order valence-electron chi connectivity index (χ3n) is 1.44. The van der Waals surface area contributed by atoms with Crippen LogP contribution < -0.4 is 0 Å². The van der Waals surface area contributed by atoms with Gasteiger partial charge in [0.2, 0.25) is 0 Å². The molecule has 0 aromatic carbocycles. The van der Waals surface area contributed by atoms with Crippen molar-refractivity contribution in [3.05, 3.63) is 0 Å². The van der Waals surface area contributed by atoms with E-state index in [0.717, 1.165) is 0 Å². The van der Waals surface area contributed by atoms with Gasteiger partial charge in [0.25, 0.3) is 0 Å². The molecular formula is C4H6F8NP. The topological polar surface area (TPSA) is 3.24 Å². The molecule has 0 bridgehead atoms. The zero-order valence-electron chi connectivity index (χ0n) is 6.92. The van der Waals surface area contributed by atoms with Gasteiger partial charge >= 0.3 is 72.8 Å². The van der Waals surface area contributed by atoms with Crippen LogP contribution in [0.4, 0.5) is 34.5 Å². The molecule has 0 aliphatic carbocycles. The molecule has 10 heteroatoms. The number of halogens is 8. The van der Waals surface area contributed by atoms with Gasteiger partial charge in [0.05, 0.1) is 0 Å². The van der Waals surface area contributed by atoms with Crippen molar-refractivity contribution in [1.82, 2.24) is 4.67 Å². The predicted octanol–water partition coefficient (Wildman–Crippen LogP) is 3.82. The first kappa shape index (κ1) is 13.8. The normalized spacial score (nSPS) is 18.1. The van der Waals surface area contributed by atoms with E-state index < -0.39 is 24.2 Å². The van der Waals surface area contributed by atoms with Crippen LogP contribution in [-0.2, 0) is 0 Å². The van der Waals surface area contributed by atoms with Crippen LogP contribution >= 0.6 is 7.69 Å². The third-order valence-corrected chi connectivity index (χ3v) is 3.89. The first-order chi connectivity index (χ1) is 5.73. The summed E-state index contributed by atoms with van der Waals surface area (Å²) in [6.45, 7) is 0. The van der Waals surface area contributed by atoms with Crippen LogP contribution in [0.25, 0.3) is 0 Å². The maximum atomic E-state index is 12.4. The van der Waals surface area contributed by atoms with E-state index in [1.165, 1.54) is 0 Å². The summed E-state index contributed by atoms with van der Waals surface area (Å²) in [6, 6.07) is 0. The molecule has 0 radical (unpaired) electrons. The molecule has 0 rings (SSSR count). The summed E-state index contributed by atoms with van der Waals surface area (Å²) >= 11 is 0. The molecule has 0 saturated heterocycles. The Morgan fingerprint density at radius 1 is 0.857 bits per heavy atom. The van der Waals surface area contributed by atoms with E-state index in [1.807, 2.05) is 0 Å². The van der Waals surface area contributed by atoms with Gasteiger partial charge in [-0.2, -0.15) is 0 Å². The van der Waals surface area contributed by atoms with Gasteiger partial charge < -0.3 is 0 Å². The first-order valence-electron chi connectivity index (χ1n) is 3.02. The van der Waals surface area contributed by atoms with E-state index >= 15 is 0 Å². The molecule has 0 saturated carbocycles. The number of hydrogen-bond acceptors (Lipinski definition) is 1. The fourth-order valence-corrected chi connectivity index (χ4v) is 1.35. The molecule has 0 amide bonds. The molecule has 0 N–H and O–H groups in total. The van der Waals surface area contributed by atoms with Crippen molar-refractivity contribution < 1.29 is 34.5 Å². The Morgan fingerprint density at radius 3 is 1.21 bits per heavy atom. The van der Waals surface area contributed by atoms with Crippen LogP contribution in [-0.4, -0.2) is 30.6 Å². The Labute approximate surface area is 74.0 Å². The van der Waals surface area contributed by atoms with Gasteiger partial charge in [-0.05, 0) is 0 Å². The van der Waals surface area contributed by atoms with E-state index in [1.54, 1.807) is 0 Å². The van der Waals surface area contributed by atoms with E-state index in [-0.39, 0.29) is 14.1 Å². The Hall–Kier alpha value is -0.170. The van der Waals surface area contributed by atoms with Crippen LogP contribution in [0.3, 0.4) is 0 Å². The quantitative estimate of drug-likeness (QED) is 0.532. The van der Waals surface area contributed by atoms with Gasteiger partial charge in [-0.3, -0.25) is 0 Å². The number of rotatable bonds is 2. The van der Waals surface area contributed by atoms with Gasteiger partial charge in [-0.25, -0.2) is 0 Å². The van der Waals surface area contributed by atoms with E-state index in [9.17, 15) is 34.5 Å². The average Bonchev–Trinajstić information content (AvgIpc) is 1.82. The fourth-order valence-electron chi connectivity index (χ4n) is 0.452. The van der Waals surface area contributed by atoms with Crippen LogP contribution in [0.1, 0.15) is 0 Å². The molecule has 1 nitrogen and oxygen atoms in total. The van der Waals surface area contributed by atoms with Crippen molar-refractivity contribution in [1.29, 1.82) is 0 Å². The standard InChI is InChI=1S/C4H6F8NP/c1-13(2)14(10,11,12)4(8,9)3(5,6)7/h1-2H3. The second-order valence-electron chi connectivity index (χ2n) is 2.66. The van der Waals surface area contributed by atoms with Gasteiger partial charge in [0, 0.05) is 0 Å². The minimum absolute atomic E-state index is 0.122. The summed E-state index contributed by atoms with van der Waals surface area (Å²) in [5.41, 5.74) is -6.65. The number of nitrogens with zero attached hydrogens (tertiary/aromatic N) is 1. The second-order valence-corrected chi connectivity index (χ2v) is 5.56. The molecule has 0 aliphatic heterocycles. The van der Waals surface area contributed by atoms with Crippen molar-refractivity contribution >= 4 is 7.69 Å². The van der Waals surface area contributed by atoms with Crippen LogP contribution in [0.15, 0.2) is 0 Å². The first-order valence-corrected chi connectivity index (χ1v) is 4.88. The fraction of sp³-hybridized carbons (Fsp3) is 1.00. The maximum absolute atomic E-state index is 12.4. The van der Waals surface area contributed by atoms with E-state index in [2.05, 4.69) is 0 Å². The van der Waals surface area contributed by atoms with Crippen molar-refractivity contribution in [3.8, 4) is 0 Å². The summed E-state index contributed by atoms with van der Waals surface area (Å²) in [5, 5.41) is 0. The molecule has 0 aromatic heterocycles. The van der Waals surface area contributed by atoms with Gasteiger partial charge in [-0.15, -0.1) is 0 Å². The third kappa shape index (κ3) is 1.67. The van der Waals surface area contributed by atoms with Crippen molar-refractivity contribution in [2.75, 3.05) is 14.1 Å². The second kappa shape index (κ2) is 2.91. The molecule has 0 atom stereocenters. The summed E-state index contributed by atoms with van der Waals surface area (Å²) in [6.07, 6.45) is -6.62. The van der Waals surface area contributed by atoms with Gasteiger partial charge in [0.15, 0.2) is 0 Å². The molecule has 88 valence electrons. The zero-order chi connectivity index (χ0) is 12.0. The van der Waals surface area contributed by atoms with Crippen molar-refractivity contribution in [2.45, 2.75) is 11.8 Å². The summed E-state index contributed by atoms with van der Waals surface area (Å²) in [4.78, 5) is 0. The monoisotopic (exact) mass is 251 g/mol. The van der Waals surface area contributed by atoms with Crippen molar-refractivity contribution in [2.24, 2.45) is 0 Å². The number of alkyl halides is 5. The van der Waals surface area contributed by atoms with E-state index in [4.69, 9.17) is 0 Å². The molecule has 0 aliphatic rings. The van der Waals surface area contributed by atoms with Crippen molar-refractivity contribution in [3.63, 3.8) is 0 Å². The Morgan fingerprint density at radius 2 is 1.14 bits per heavy atom. The SMILES string of the molecule is CN(C)P(F)(F)(F)C(F)(F)C(F)(F)F. The summed E-state index contributed by atoms with van der Waals surface area (Å²) in [7, 11) is -8.50. The van der Waals surface area contributed by atoms with Gasteiger partial charge in [0.1, 0.15) is 0 Å². The Balaban J connectivity index is 5.50. The summed E-state index contributed by atoms with van der Waals surface area (Å²) in [5.74, 6) is 0. The number of hydrogen-bond donors (Lipinski definition) is 0. The molecule has 0 heterocycles. The van der Waals surface area contributed by atoms with Crippen LogP contribution in [0.5, 0.6) is 0 Å². The van der Waals surface area contributed by atoms with E-state index in [0.29, 0.717) is 0 Å². The molecular weight excluding hydrogens is 245 g/mol.